The first-order valence-electron chi connectivity index (χ1n) is 8.75. The SMILES string of the molecule is CC(C)=CCC/C(C)=C/Cc1c(O)cc(-c2ccc(C#N)cc2)cc1O. The van der Waals surface area contributed by atoms with Crippen molar-refractivity contribution in [1.82, 2.24) is 0 Å². The lowest BCUT2D eigenvalue weighted by Gasteiger charge is -2.10. The average Bonchev–Trinajstić information content (AvgIpc) is 2.60. The Balaban J connectivity index is 2.16. The van der Waals surface area contributed by atoms with Gasteiger partial charge in [0.15, 0.2) is 0 Å². The van der Waals surface area contributed by atoms with Crippen LogP contribution in [0.25, 0.3) is 11.1 Å². The topological polar surface area (TPSA) is 64.2 Å². The monoisotopic (exact) mass is 347 g/mol. The number of nitrogens with zero attached hydrogens (tertiary/aromatic N) is 1. The van der Waals surface area contributed by atoms with Crippen molar-refractivity contribution in [2.45, 2.75) is 40.0 Å². The fraction of sp³-hybridized carbons (Fsp3) is 0.261. The molecular formula is C23H25NO2. The summed E-state index contributed by atoms with van der Waals surface area (Å²) >= 11 is 0. The van der Waals surface area contributed by atoms with Gasteiger partial charge in [-0.3, -0.25) is 0 Å². The minimum absolute atomic E-state index is 0.0812. The van der Waals surface area contributed by atoms with Crippen LogP contribution < -0.4 is 0 Å². The van der Waals surface area contributed by atoms with Gasteiger partial charge < -0.3 is 10.2 Å². The molecule has 0 aromatic heterocycles. The van der Waals surface area contributed by atoms with E-state index in [4.69, 9.17) is 5.26 Å². The van der Waals surface area contributed by atoms with Gasteiger partial charge in [-0.05, 0) is 75.4 Å². The maximum atomic E-state index is 10.3. The summed E-state index contributed by atoms with van der Waals surface area (Å²) < 4.78 is 0. The number of hydrogen-bond donors (Lipinski definition) is 2. The largest absolute Gasteiger partial charge is 0.507 e. The molecule has 0 unspecified atom stereocenters. The summed E-state index contributed by atoms with van der Waals surface area (Å²) in [4.78, 5) is 0. The highest BCUT2D eigenvalue weighted by Crippen LogP contribution is 2.34. The molecule has 0 aliphatic carbocycles. The second kappa shape index (κ2) is 8.92. The standard InChI is InChI=1S/C23H25NO2/c1-16(2)5-4-6-17(3)7-12-21-22(25)13-20(14-23(21)26)19-10-8-18(15-24)9-11-19/h5,7-11,13-14,25-26H,4,6,12H2,1-3H3/b17-7+. The Morgan fingerprint density at radius 1 is 0.962 bits per heavy atom. The van der Waals surface area contributed by atoms with Crippen LogP contribution in [0.3, 0.4) is 0 Å². The average molecular weight is 347 g/mol. The Kier molecular flexibility index (Phi) is 6.63. The molecule has 26 heavy (non-hydrogen) atoms. The van der Waals surface area contributed by atoms with E-state index in [1.54, 1.807) is 36.4 Å². The maximum absolute atomic E-state index is 10.3. The highest BCUT2D eigenvalue weighted by molar-refractivity contribution is 5.69. The first-order chi connectivity index (χ1) is 12.4. The molecule has 3 nitrogen and oxygen atoms in total. The van der Waals surface area contributed by atoms with Crippen LogP contribution in [-0.4, -0.2) is 10.2 Å². The van der Waals surface area contributed by atoms with E-state index < -0.39 is 0 Å². The molecule has 2 N–H and O–H groups in total. The van der Waals surface area contributed by atoms with Gasteiger partial charge >= 0.3 is 0 Å². The quantitative estimate of drug-likeness (QED) is 0.642. The molecule has 0 aliphatic rings. The van der Waals surface area contributed by atoms with Gasteiger partial charge in [-0.1, -0.05) is 35.4 Å². The van der Waals surface area contributed by atoms with Crippen molar-refractivity contribution >= 4 is 0 Å². The number of nitriles is 1. The van der Waals surface area contributed by atoms with Gasteiger partial charge in [-0.25, -0.2) is 0 Å². The molecule has 0 radical (unpaired) electrons. The summed E-state index contributed by atoms with van der Waals surface area (Å²) in [6.45, 7) is 6.24. The lowest BCUT2D eigenvalue weighted by molar-refractivity contribution is 0.441. The van der Waals surface area contributed by atoms with Gasteiger partial charge in [0, 0.05) is 5.56 Å². The predicted molar refractivity (Wildman–Crippen MR) is 106 cm³/mol. The number of phenols is 2. The van der Waals surface area contributed by atoms with E-state index in [9.17, 15) is 10.2 Å². The summed E-state index contributed by atoms with van der Waals surface area (Å²) in [6.07, 6.45) is 6.72. The number of phenolic OH excluding ortho intramolecular Hbond substituents is 2. The smallest absolute Gasteiger partial charge is 0.123 e. The molecule has 3 heteroatoms. The Labute approximate surface area is 155 Å². The van der Waals surface area contributed by atoms with Crippen molar-refractivity contribution in [2.75, 3.05) is 0 Å². The number of aromatic hydroxyl groups is 2. The van der Waals surface area contributed by atoms with Crippen LogP contribution in [-0.2, 0) is 6.42 Å². The van der Waals surface area contributed by atoms with Crippen molar-refractivity contribution in [2.24, 2.45) is 0 Å². The minimum Gasteiger partial charge on any atom is -0.507 e. The summed E-state index contributed by atoms with van der Waals surface area (Å²) in [7, 11) is 0. The second-order valence-corrected chi connectivity index (χ2v) is 6.76. The van der Waals surface area contributed by atoms with E-state index in [-0.39, 0.29) is 11.5 Å². The first kappa shape index (κ1) is 19.3. The van der Waals surface area contributed by atoms with Gasteiger partial charge in [0.1, 0.15) is 11.5 Å². The number of rotatable bonds is 6. The minimum atomic E-state index is 0.0812. The molecule has 0 atom stereocenters. The molecule has 0 saturated heterocycles. The van der Waals surface area contributed by atoms with Crippen molar-refractivity contribution in [3.8, 4) is 28.7 Å². The third-order valence-corrected chi connectivity index (χ3v) is 4.30. The van der Waals surface area contributed by atoms with Crippen LogP contribution in [0.1, 0.15) is 44.7 Å². The van der Waals surface area contributed by atoms with Crippen LogP contribution in [0.5, 0.6) is 11.5 Å². The Bertz CT molecular complexity index is 841. The summed E-state index contributed by atoms with van der Waals surface area (Å²) in [6, 6.07) is 12.4. The third-order valence-electron chi connectivity index (χ3n) is 4.30. The molecule has 2 aromatic rings. The van der Waals surface area contributed by atoms with E-state index in [0.717, 1.165) is 24.0 Å². The number of benzene rings is 2. The molecule has 0 saturated carbocycles. The summed E-state index contributed by atoms with van der Waals surface area (Å²) in [5.74, 6) is 0.162. The molecule has 0 fully saturated rings. The van der Waals surface area contributed by atoms with Crippen LogP contribution in [0.4, 0.5) is 0 Å². The molecule has 0 amide bonds. The molecule has 2 aromatic carbocycles. The van der Waals surface area contributed by atoms with Gasteiger partial charge in [0.2, 0.25) is 0 Å². The third kappa shape index (κ3) is 5.26. The zero-order valence-electron chi connectivity index (χ0n) is 15.6. The molecule has 0 heterocycles. The van der Waals surface area contributed by atoms with Crippen molar-refractivity contribution in [3.05, 3.63) is 70.8 Å². The Morgan fingerprint density at radius 2 is 1.58 bits per heavy atom. The maximum Gasteiger partial charge on any atom is 0.123 e. The van der Waals surface area contributed by atoms with Gasteiger partial charge in [-0.15, -0.1) is 0 Å². The highest BCUT2D eigenvalue weighted by atomic mass is 16.3. The van der Waals surface area contributed by atoms with Crippen LogP contribution >= 0.6 is 0 Å². The second-order valence-electron chi connectivity index (χ2n) is 6.76. The van der Waals surface area contributed by atoms with Crippen molar-refractivity contribution in [3.63, 3.8) is 0 Å². The van der Waals surface area contributed by atoms with Crippen LogP contribution in [0.2, 0.25) is 0 Å². The first-order valence-corrected chi connectivity index (χ1v) is 8.75. The van der Waals surface area contributed by atoms with E-state index in [1.807, 2.05) is 0 Å². The van der Waals surface area contributed by atoms with E-state index in [0.29, 0.717) is 17.5 Å². The number of hydrogen-bond acceptors (Lipinski definition) is 3. The van der Waals surface area contributed by atoms with Gasteiger partial charge in [-0.2, -0.15) is 5.26 Å². The Morgan fingerprint density at radius 3 is 2.12 bits per heavy atom. The molecule has 0 spiro atoms. The fourth-order valence-electron chi connectivity index (χ4n) is 2.72. The van der Waals surface area contributed by atoms with Crippen molar-refractivity contribution < 1.29 is 10.2 Å². The van der Waals surface area contributed by atoms with Gasteiger partial charge in [0.25, 0.3) is 0 Å². The fourth-order valence-corrected chi connectivity index (χ4v) is 2.72. The summed E-state index contributed by atoms with van der Waals surface area (Å²) in [5, 5.41) is 29.6. The van der Waals surface area contributed by atoms with E-state index >= 15 is 0 Å². The zero-order chi connectivity index (χ0) is 19.1. The van der Waals surface area contributed by atoms with Crippen molar-refractivity contribution in [1.29, 1.82) is 5.26 Å². The molecule has 2 rings (SSSR count). The van der Waals surface area contributed by atoms with E-state index in [1.165, 1.54) is 11.1 Å². The number of allylic oxidation sites excluding steroid dienone is 4. The summed E-state index contributed by atoms with van der Waals surface area (Å²) in [5.41, 5.74) is 5.22. The lowest BCUT2D eigenvalue weighted by atomic mass is 9.99. The zero-order valence-corrected chi connectivity index (χ0v) is 15.6. The Hall–Kier alpha value is -2.99. The molecule has 0 bridgehead atoms. The highest BCUT2D eigenvalue weighted by Gasteiger charge is 2.10. The predicted octanol–water partition coefficient (Wildman–Crippen LogP) is 5.87. The normalized spacial score (nSPS) is 11.1. The molecule has 134 valence electrons. The van der Waals surface area contributed by atoms with E-state index in [2.05, 4.69) is 39.0 Å². The van der Waals surface area contributed by atoms with Crippen LogP contribution in [0.15, 0.2) is 59.7 Å². The van der Waals surface area contributed by atoms with Gasteiger partial charge in [0.05, 0.1) is 11.6 Å². The van der Waals surface area contributed by atoms with Crippen LogP contribution in [0, 0.1) is 11.3 Å². The lowest BCUT2D eigenvalue weighted by Crippen LogP contribution is -1.89. The molecular weight excluding hydrogens is 322 g/mol. The molecule has 0 aliphatic heterocycles.